The molecule has 0 fully saturated rings. The molecule has 3 aromatic rings. The van der Waals surface area contributed by atoms with Crippen LogP contribution >= 0.6 is 11.6 Å². The smallest absolute Gasteiger partial charge is 0.225 e. The number of sulfone groups is 1. The van der Waals surface area contributed by atoms with Crippen molar-refractivity contribution in [3.63, 3.8) is 0 Å². The first kappa shape index (κ1) is 19.1. The third-order valence-corrected chi connectivity index (χ3v) is 5.83. The highest BCUT2D eigenvalue weighted by atomic mass is 35.5. The van der Waals surface area contributed by atoms with Gasteiger partial charge in [0.05, 0.1) is 12.0 Å². The molecule has 27 heavy (non-hydrogen) atoms. The molecular formula is C19H18ClN3O3S. The predicted molar refractivity (Wildman–Crippen MR) is 104 cm³/mol. The molecule has 0 saturated carbocycles. The molecule has 6 nitrogen and oxygen atoms in total. The first-order valence-electron chi connectivity index (χ1n) is 8.20. The summed E-state index contributed by atoms with van der Waals surface area (Å²) in [6, 6.07) is 16.8. The van der Waals surface area contributed by atoms with Crippen LogP contribution in [0.25, 0.3) is 0 Å². The van der Waals surface area contributed by atoms with Crippen LogP contribution in [-0.4, -0.2) is 32.3 Å². The summed E-state index contributed by atoms with van der Waals surface area (Å²) in [6.07, 6.45) is 0.782. The molecule has 3 rings (SSSR count). The number of rotatable bonds is 7. The molecule has 0 saturated heterocycles. The monoisotopic (exact) mass is 403 g/mol. The van der Waals surface area contributed by atoms with Crippen molar-refractivity contribution >= 4 is 27.3 Å². The zero-order valence-electron chi connectivity index (χ0n) is 14.6. The summed E-state index contributed by atoms with van der Waals surface area (Å²) in [7, 11) is -2.20. The minimum absolute atomic E-state index is 0.101. The number of benzene rings is 2. The second-order valence-electron chi connectivity index (χ2n) is 5.74. The van der Waals surface area contributed by atoms with Gasteiger partial charge in [-0.3, -0.25) is 0 Å². The van der Waals surface area contributed by atoms with Gasteiger partial charge in [0.2, 0.25) is 9.84 Å². The first-order valence-corrected chi connectivity index (χ1v) is 10.1. The third-order valence-electron chi connectivity index (χ3n) is 3.92. The maximum Gasteiger partial charge on any atom is 0.225 e. The molecule has 0 unspecified atom stereocenters. The van der Waals surface area contributed by atoms with E-state index >= 15 is 0 Å². The molecule has 0 bridgehead atoms. The first-order chi connectivity index (χ1) is 13.0. The highest BCUT2D eigenvalue weighted by Crippen LogP contribution is 2.21. The van der Waals surface area contributed by atoms with Crippen LogP contribution in [0.5, 0.6) is 5.75 Å². The molecule has 8 heteroatoms. The fourth-order valence-electron chi connectivity index (χ4n) is 2.42. The fraction of sp³-hybridized carbons (Fsp3) is 0.158. The van der Waals surface area contributed by atoms with Gasteiger partial charge >= 0.3 is 0 Å². The molecular weight excluding hydrogens is 386 g/mol. The summed E-state index contributed by atoms with van der Waals surface area (Å²) < 4.78 is 30.2. The van der Waals surface area contributed by atoms with Crippen molar-refractivity contribution in [1.82, 2.24) is 10.2 Å². The van der Waals surface area contributed by atoms with E-state index in [0.29, 0.717) is 23.1 Å². The molecule has 0 aliphatic carbocycles. The van der Waals surface area contributed by atoms with E-state index in [9.17, 15) is 8.42 Å². The molecule has 0 aliphatic rings. The standard InChI is InChI=1S/C19H18ClN3O3S/c1-26-16-6-8-17(9-7-16)27(24,25)19-11-10-18(22-23-19)21-13-12-14-2-4-15(20)5-3-14/h2-11H,12-13H2,1H3,(H,21,22). The topological polar surface area (TPSA) is 81.2 Å². The number of nitrogens with one attached hydrogen (secondary N) is 1. The van der Waals surface area contributed by atoms with Gasteiger partial charge in [-0.05, 0) is 60.5 Å². The zero-order valence-corrected chi connectivity index (χ0v) is 16.2. The van der Waals surface area contributed by atoms with Gasteiger partial charge in [0.1, 0.15) is 11.6 Å². The van der Waals surface area contributed by atoms with Gasteiger partial charge in [0.15, 0.2) is 5.03 Å². The Bertz CT molecular complexity index is 990. The van der Waals surface area contributed by atoms with Gasteiger partial charge in [-0.25, -0.2) is 8.42 Å². The van der Waals surface area contributed by atoms with Gasteiger partial charge in [-0.15, -0.1) is 10.2 Å². The van der Waals surface area contributed by atoms with Crippen molar-refractivity contribution in [2.75, 3.05) is 19.0 Å². The van der Waals surface area contributed by atoms with Crippen LogP contribution < -0.4 is 10.1 Å². The van der Waals surface area contributed by atoms with Gasteiger partial charge in [0, 0.05) is 11.6 Å². The van der Waals surface area contributed by atoms with E-state index in [2.05, 4.69) is 15.5 Å². The van der Waals surface area contributed by atoms with Crippen LogP contribution in [-0.2, 0) is 16.3 Å². The highest BCUT2D eigenvalue weighted by molar-refractivity contribution is 7.91. The lowest BCUT2D eigenvalue weighted by Crippen LogP contribution is -2.09. The molecule has 0 atom stereocenters. The van der Waals surface area contributed by atoms with Crippen LogP contribution in [0.4, 0.5) is 5.82 Å². The number of hydrogen-bond acceptors (Lipinski definition) is 6. The summed E-state index contributed by atoms with van der Waals surface area (Å²) in [5.41, 5.74) is 1.14. The van der Waals surface area contributed by atoms with Gasteiger partial charge in [0.25, 0.3) is 0 Å². The predicted octanol–water partition coefficient (Wildman–Crippen LogP) is 3.63. The van der Waals surface area contributed by atoms with Crippen LogP contribution in [0.3, 0.4) is 0 Å². The van der Waals surface area contributed by atoms with E-state index in [0.717, 1.165) is 12.0 Å². The molecule has 0 amide bonds. The van der Waals surface area contributed by atoms with E-state index in [1.807, 2.05) is 24.3 Å². The third kappa shape index (κ3) is 4.75. The van der Waals surface area contributed by atoms with Crippen molar-refractivity contribution < 1.29 is 13.2 Å². The fourth-order valence-corrected chi connectivity index (χ4v) is 3.68. The maximum absolute atomic E-state index is 12.6. The summed E-state index contributed by atoms with van der Waals surface area (Å²) in [5.74, 6) is 1.10. The molecule has 0 radical (unpaired) electrons. The minimum atomic E-state index is -3.72. The van der Waals surface area contributed by atoms with E-state index in [4.69, 9.17) is 16.3 Å². The number of anilines is 1. The summed E-state index contributed by atoms with van der Waals surface area (Å²) in [6.45, 7) is 0.640. The zero-order chi connectivity index (χ0) is 19.3. The van der Waals surface area contributed by atoms with Gasteiger partial charge < -0.3 is 10.1 Å². The van der Waals surface area contributed by atoms with E-state index < -0.39 is 9.84 Å². The Hall–Kier alpha value is -2.64. The highest BCUT2D eigenvalue weighted by Gasteiger charge is 2.19. The van der Waals surface area contributed by atoms with Crippen molar-refractivity contribution in [2.24, 2.45) is 0 Å². The lowest BCUT2D eigenvalue weighted by Gasteiger charge is -2.07. The average Bonchev–Trinajstić information content (AvgIpc) is 2.70. The normalized spacial score (nSPS) is 11.2. The van der Waals surface area contributed by atoms with Crippen LogP contribution in [0, 0.1) is 0 Å². The maximum atomic E-state index is 12.6. The van der Waals surface area contributed by atoms with Crippen LogP contribution in [0.15, 0.2) is 70.6 Å². The average molecular weight is 404 g/mol. The summed E-state index contributed by atoms with van der Waals surface area (Å²) in [4.78, 5) is 0.140. The number of halogens is 1. The Morgan fingerprint density at radius 1 is 0.963 bits per heavy atom. The molecule has 0 aliphatic heterocycles. The number of hydrogen-bond donors (Lipinski definition) is 1. The van der Waals surface area contributed by atoms with Gasteiger partial charge in [-0.1, -0.05) is 23.7 Å². The van der Waals surface area contributed by atoms with E-state index in [1.165, 1.54) is 25.3 Å². The number of ether oxygens (including phenoxy) is 1. The number of methoxy groups -OCH3 is 1. The molecule has 1 N–H and O–H groups in total. The Labute approximate surface area is 163 Å². The van der Waals surface area contributed by atoms with Crippen molar-refractivity contribution in [3.05, 3.63) is 71.2 Å². The largest absolute Gasteiger partial charge is 0.497 e. The lowest BCUT2D eigenvalue weighted by molar-refractivity contribution is 0.414. The molecule has 1 aromatic heterocycles. The Morgan fingerprint density at radius 3 is 2.26 bits per heavy atom. The minimum Gasteiger partial charge on any atom is -0.497 e. The summed E-state index contributed by atoms with van der Waals surface area (Å²) in [5, 5.41) is 11.5. The Kier molecular flexibility index (Phi) is 5.93. The molecule has 1 heterocycles. The second-order valence-corrected chi connectivity index (χ2v) is 8.07. The second kappa shape index (κ2) is 8.37. The number of nitrogens with zero attached hydrogens (tertiary/aromatic N) is 2. The van der Waals surface area contributed by atoms with Crippen LogP contribution in [0.2, 0.25) is 5.02 Å². The van der Waals surface area contributed by atoms with Crippen molar-refractivity contribution in [1.29, 1.82) is 0 Å². The van der Waals surface area contributed by atoms with E-state index in [1.54, 1.807) is 18.2 Å². The van der Waals surface area contributed by atoms with Gasteiger partial charge in [-0.2, -0.15) is 0 Å². The number of aromatic nitrogens is 2. The quantitative estimate of drug-likeness (QED) is 0.648. The van der Waals surface area contributed by atoms with Crippen molar-refractivity contribution in [2.45, 2.75) is 16.3 Å². The molecule has 140 valence electrons. The Balaban J connectivity index is 1.64. The SMILES string of the molecule is COc1ccc(S(=O)(=O)c2ccc(NCCc3ccc(Cl)cc3)nn2)cc1. The Morgan fingerprint density at radius 2 is 1.67 bits per heavy atom. The lowest BCUT2D eigenvalue weighted by atomic mass is 10.1. The molecule has 2 aromatic carbocycles. The summed E-state index contributed by atoms with van der Waals surface area (Å²) >= 11 is 5.86. The van der Waals surface area contributed by atoms with Crippen molar-refractivity contribution in [3.8, 4) is 5.75 Å². The van der Waals surface area contributed by atoms with E-state index in [-0.39, 0.29) is 9.92 Å². The van der Waals surface area contributed by atoms with Crippen LogP contribution in [0.1, 0.15) is 5.56 Å². The molecule has 0 spiro atoms.